The minimum atomic E-state index is -0.278. The van der Waals surface area contributed by atoms with Crippen molar-refractivity contribution in [3.8, 4) is 0 Å². The summed E-state index contributed by atoms with van der Waals surface area (Å²) in [5, 5.41) is 3.06. The smallest absolute Gasteiger partial charge is 0.255 e. The SMILES string of the molecule is Cc1cc(F)ccc1Nc1nc2c(c(=O)[nH]1)CCCC2. The molecule has 3 rings (SSSR count). The minimum absolute atomic E-state index is 0.0723. The van der Waals surface area contributed by atoms with Gasteiger partial charge in [0, 0.05) is 11.3 Å². The molecule has 0 amide bonds. The number of hydrogen-bond acceptors (Lipinski definition) is 3. The number of fused-ring (bicyclic) bond motifs is 1. The Morgan fingerprint density at radius 2 is 2.10 bits per heavy atom. The van der Waals surface area contributed by atoms with E-state index < -0.39 is 0 Å². The molecule has 1 aromatic carbocycles. The quantitative estimate of drug-likeness (QED) is 0.884. The Morgan fingerprint density at radius 3 is 2.90 bits per heavy atom. The summed E-state index contributed by atoms with van der Waals surface area (Å²) in [5.74, 6) is 0.144. The number of hydrogen-bond donors (Lipinski definition) is 2. The van der Waals surface area contributed by atoms with Gasteiger partial charge in [-0.3, -0.25) is 9.78 Å². The summed E-state index contributed by atoms with van der Waals surface area (Å²) in [6, 6.07) is 4.47. The maximum Gasteiger partial charge on any atom is 0.255 e. The number of aryl methyl sites for hydroxylation is 2. The largest absolute Gasteiger partial charge is 0.325 e. The van der Waals surface area contributed by atoms with E-state index in [-0.39, 0.29) is 11.4 Å². The van der Waals surface area contributed by atoms with Crippen LogP contribution in [0, 0.1) is 12.7 Å². The number of aromatic amines is 1. The minimum Gasteiger partial charge on any atom is -0.325 e. The third-order valence-corrected chi connectivity index (χ3v) is 3.63. The topological polar surface area (TPSA) is 57.8 Å². The van der Waals surface area contributed by atoms with E-state index in [9.17, 15) is 9.18 Å². The van der Waals surface area contributed by atoms with Crippen LogP contribution in [0.2, 0.25) is 0 Å². The molecule has 5 heteroatoms. The molecular weight excluding hydrogens is 257 g/mol. The molecule has 1 heterocycles. The number of aromatic nitrogens is 2. The lowest BCUT2D eigenvalue weighted by Gasteiger charge is -2.15. The molecule has 4 nitrogen and oxygen atoms in total. The van der Waals surface area contributed by atoms with E-state index in [1.807, 2.05) is 6.92 Å². The van der Waals surface area contributed by atoms with Crippen LogP contribution >= 0.6 is 0 Å². The molecule has 0 atom stereocenters. The predicted octanol–water partition coefficient (Wildman–Crippen LogP) is 2.84. The normalized spacial score (nSPS) is 13.9. The molecule has 1 aliphatic rings. The number of nitrogens with zero attached hydrogens (tertiary/aromatic N) is 1. The summed E-state index contributed by atoms with van der Waals surface area (Å²) in [4.78, 5) is 19.2. The summed E-state index contributed by atoms with van der Waals surface area (Å²) < 4.78 is 13.1. The monoisotopic (exact) mass is 273 g/mol. The molecule has 20 heavy (non-hydrogen) atoms. The molecule has 0 spiro atoms. The fourth-order valence-electron chi connectivity index (χ4n) is 2.56. The van der Waals surface area contributed by atoms with Crippen LogP contribution in [0.1, 0.15) is 29.7 Å². The van der Waals surface area contributed by atoms with E-state index in [0.29, 0.717) is 5.95 Å². The van der Waals surface area contributed by atoms with Gasteiger partial charge in [-0.15, -0.1) is 0 Å². The first-order valence-corrected chi connectivity index (χ1v) is 6.79. The highest BCUT2D eigenvalue weighted by molar-refractivity contribution is 5.58. The second kappa shape index (κ2) is 5.07. The van der Waals surface area contributed by atoms with Crippen molar-refractivity contribution in [3.05, 3.63) is 51.2 Å². The Morgan fingerprint density at radius 1 is 1.30 bits per heavy atom. The van der Waals surface area contributed by atoms with Gasteiger partial charge in [0.05, 0.1) is 5.69 Å². The molecule has 0 saturated carbocycles. The van der Waals surface area contributed by atoms with E-state index in [0.717, 1.165) is 48.2 Å². The van der Waals surface area contributed by atoms with Crippen LogP contribution in [0.3, 0.4) is 0 Å². The molecule has 0 bridgehead atoms. The average Bonchev–Trinajstić information content (AvgIpc) is 2.42. The van der Waals surface area contributed by atoms with Crippen molar-refractivity contribution in [1.82, 2.24) is 9.97 Å². The first kappa shape index (κ1) is 12.8. The van der Waals surface area contributed by atoms with Gasteiger partial charge in [-0.1, -0.05) is 0 Å². The van der Waals surface area contributed by atoms with Gasteiger partial charge in [-0.05, 0) is 56.4 Å². The number of anilines is 2. The highest BCUT2D eigenvalue weighted by Crippen LogP contribution is 2.21. The van der Waals surface area contributed by atoms with E-state index in [2.05, 4.69) is 15.3 Å². The van der Waals surface area contributed by atoms with Crippen LogP contribution in [0.4, 0.5) is 16.0 Å². The number of rotatable bonds is 2. The summed E-state index contributed by atoms with van der Waals surface area (Å²) in [6.07, 6.45) is 3.75. The Labute approximate surface area is 116 Å². The maximum absolute atomic E-state index is 13.1. The zero-order valence-corrected chi connectivity index (χ0v) is 11.3. The van der Waals surface area contributed by atoms with Crippen LogP contribution in [-0.2, 0) is 12.8 Å². The van der Waals surface area contributed by atoms with Crippen LogP contribution < -0.4 is 10.9 Å². The van der Waals surface area contributed by atoms with Crippen molar-refractivity contribution < 1.29 is 4.39 Å². The second-order valence-corrected chi connectivity index (χ2v) is 5.13. The van der Waals surface area contributed by atoms with Crippen LogP contribution in [0.25, 0.3) is 0 Å². The van der Waals surface area contributed by atoms with Gasteiger partial charge in [0.15, 0.2) is 0 Å². The maximum atomic E-state index is 13.1. The highest BCUT2D eigenvalue weighted by Gasteiger charge is 2.15. The molecular formula is C15H16FN3O. The predicted molar refractivity (Wildman–Crippen MR) is 75.9 cm³/mol. The van der Waals surface area contributed by atoms with Crippen molar-refractivity contribution in [1.29, 1.82) is 0 Å². The van der Waals surface area contributed by atoms with Crippen molar-refractivity contribution in [2.45, 2.75) is 32.6 Å². The molecule has 1 aliphatic carbocycles. The fourth-order valence-corrected chi connectivity index (χ4v) is 2.56. The highest BCUT2D eigenvalue weighted by atomic mass is 19.1. The number of nitrogens with one attached hydrogen (secondary N) is 2. The van der Waals surface area contributed by atoms with Gasteiger partial charge in [-0.25, -0.2) is 9.37 Å². The molecule has 0 unspecified atom stereocenters. The van der Waals surface area contributed by atoms with Crippen LogP contribution in [-0.4, -0.2) is 9.97 Å². The third kappa shape index (κ3) is 2.43. The molecule has 0 aliphatic heterocycles. The first-order valence-electron chi connectivity index (χ1n) is 6.79. The zero-order valence-electron chi connectivity index (χ0n) is 11.3. The summed E-state index contributed by atoms with van der Waals surface area (Å²) in [6.45, 7) is 1.81. The average molecular weight is 273 g/mol. The van der Waals surface area contributed by atoms with E-state index in [4.69, 9.17) is 0 Å². The number of halogens is 1. The van der Waals surface area contributed by atoms with Crippen LogP contribution in [0.5, 0.6) is 0 Å². The summed E-state index contributed by atoms with van der Waals surface area (Å²) in [7, 11) is 0. The number of benzene rings is 1. The van der Waals surface area contributed by atoms with Gasteiger partial charge in [0.1, 0.15) is 5.82 Å². The van der Waals surface area contributed by atoms with E-state index >= 15 is 0 Å². The Bertz CT molecular complexity index is 709. The lowest BCUT2D eigenvalue weighted by atomic mass is 9.97. The summed E-state index contributed by atoms with van der Waals surface area (Å²) >= 11 is 0. The first-order chi connectivity index (χ1) is 9.63. The molecule has 0 fully saturated rings. The number of H-pyrrole nitrogens is 1. The van der Waals surface area contributed by atoms with E-state index in [1.165, 1.54) is 12.1 Å². The van der Waals surface area contributed by atoms with Gasteiger partial charge in [0.2, 0.25) is 5.95 Å². The second-order valence-electron chi connectivity index (χ2n) is 5.13. The Hall–Kier alpha value is -2.17. The van der Waals surface area contributed by atoms with Gasteiger partial charge in [0.25, 0.3) is 5.56 Å². The molecule has 104 valence electrons. The third-order valence-electron chi connectivity index (χ3n) is 3.63. The zero-order chi connectivity index (χ0) is 14.1. The standard InChI is InChI=1S/C15H16FN3O/c1-9-8-10(16)6-7-12(9)17-15-18-13-5-3-2-4-11(13)14(20)19-15/h6-8H,2-5H2,1H3,(H2,17,18,19,20). The Kier molecular flexibility index (Phi) is 3.26. The fraction of sp³-hybridized carbons (Fsp3) is 0.333. The van der Waals surface area contributed by atoms with Gasteiger partial charge >= 0.3 is 0 Å². The lowest BCUT2D eigenvalue weighted by Crippen LogP contribution is -2.22. The molecule has 2 aromatic rings. The van der Waals surface area contributed by atoms with E-state index in [1.54, 1.807) is 6.07 Å². The van der Waals surface area contributed by atoms with Crippen molar-refractivity contribution in [2.75, 3.05) is 5.32 Å². The lowest BCUT2D eigenvalue weighted by molar-refractivity contribution is 0.627. The molecule has 0 saturated heterocycles. The Balaban J connectivity index is 1.95. The van der Waals surface area contributed by atoms with Crippen molar-refractivity contribution in [2.24, 2.45) is 0 Å². The van der Waals surface area contributed by atoms with Crippen LogP contribution in [0.15, 0.2) is 23.0 Å². The molecule has 1 aromatic heterocycles. The molecule has 2 N–H and O–H groups in total. The van der Waals surface area contributed by atoms with Crippen molar-refractivity contribution in [3.63, 3.8) is 0 Å². The summed E-state index contributed by atoms with van der Waals surface area (Å²) in [5.41, 5.74) is 3.12. The van der Waals surface area contributed by atoms with Gasteiger partial charge in [-0.2, -0.15) is 0 Å². The molecule has 0 radical (unpaired) electrons. The van der Waals surface area contributed by atoms with Gasteiger partial charge < -0.3 is 5.32 Å². The van der Waals surface area contributed by atoms with Crippen molar-refractivity contribution >= 4 is 11.6 Å².